The molecular formula is C19H24N4O. The molecule has 0 unspecified atom stereocenters. The minimum atomic E-state index is 0.0685. The summed E-state index contributed by atoms with van der Waals surface area (Å²) in [7, 11) is 0. The van der Waals surface area contributed by atoms with Gasteiger partial charge in [0.1, 0.15) is 5.69 Å². The summed E-state index contributed by atoms with van der Waals surface area (Å²) in [5.41, 5.74) is 3.74. The lowest BCUT2D eigenvalue weighted by atomic mass is 10.1. The van der Waals surface area contributed by atoms with Gasteiger partial charge in [0.25, 0.3) is 0 Å². The zero-order valence-electron chi connectivity index (χ0n) is 14.5. The third-order valence-electron chi connectivity index (χ3n) is 5.11. The summed E-state index contributed by atoms with van der Waals surface area (Å²) in [6, 6.07) is 8.28. The molecule has 1 aliphatic rings. The maximum Gasteiger partial charge on any atom is 0.215 e. The Bertz CT molecular complexity index is 899. The van der Waals surface area contributed by atoms with Crippen molar-refractivity contribution >= 4 is 22.6 Å². The lowest BCUT2D eigenvalue weighted by Gasteiger charge is -2.26. The topological polar surface area (TPSA) is 42.5 Å². The fourth-order valence-corrected chi connectivity index (χ4v) is 3.97. The van der Waals surface area contributed by atoms with Crippen molar-refractivity contribution in [3.63, 3.8) is 0 Å². The highest BCUT2D eigenvalue weighted by atomic mass is 16.1. The molecular weight excluding hydrogens is 300 g/mol. The van der Waals surface area contributed by atoms with Crippen LogP contribution in [0, 0.1) is 6.92 Å². The van der Waals surface area contributed by atoms with Crippen molar-refractivity contribution in [1.29, 1.82) is 0 Å². The molecule has 0 N–H and O–H groups in total. The van der Waals surface area contributed by atoms with E-state index in [4.69, 9.17) is 4.98 Å². The highest BCUT2D eigenvalue weighted by molar-refractivity contribution is 5.97. The third-order valence-corrected chi connectivity index (χ3v) is 5.11. The maximum absolute atomic E-state index is 12.1. The van der Waals surface area contributed by atoms with E-state index >= 15 is 0 Å². The second-order valence-corrected chi connectivity index (χ2v) is 6.78. The number of imidazole rings is 2. The van der Waals surface area contributed by atoms with Crippen LogP contribution in [0.3, 0.4) is 0 Å². The summed E-state index contributed by atoms with van der Waals surface area (Å²) < 4.78 is 4.30. The number of carbonyl (C=O) groups is 1. The van der Waals surface area contributed by atoms with Gasteiger partial charge < -0.3 is 9.47 Å². The van der Waals surface area contributed by atoms with Gasteiger partial charge in [0, 0.05) is 20.0 Å². The Morgan fingerprint density at radius 1 is 1.08 bits per heavy atom. The molecule has 2 aromatic heterocycles. The standard InChI is InChI=1S/C19H24N4O/c1-14-18(15(2)24)23-17-9-5-4-8-16(17)22(19(23)20-14)13-12-21-10-6-3-7-11-21/h4-5,8-9H,3,6-7,10-13H2,1-2H3. The molecule has 0 bridgehead atoms. The van der Waals surface area contributed by atoms with E-state index in [0.717, 1.165) is 35.6 Å². The summed E-state index contributed by atoms with van der Waals surface area (Å²) >= 11 is 0. The molecule has 0 saturated carbocycles. The van der Waals surface area contributed by atoms with Gasteiger partial charge in [-0.1, -0.05) is 18.6 Å². The quantitative estimate of drug-likeness (QED) is 0.692. The van der Waals surface area contributed by atoms with E-state index < -0.39 is 0 Å². The predicted octanol–water partition coefficient (Wildman–Crippen LogP) is 3.29. The van der Waals surface area contributed by atoms with Crippen molar-refractivity contribution < 1.29 is 4.79 Å². The van der Waals surface area contributed by atoms with Crippen LogP contribution in [0.5, 0.6) is 0 Å². The first-order valence-corrected chi connectivity index (χ1v) is 8.86. The molecule has 0 amide bonds. The Morgan fingerprint density at radius 2 is 1.79 bits per heavy atom. The molecule has 3 heterocycles. The van der Waals surface area contributed by atoms with Gasteiger partial charge in [-0.3, -0.25) is 9.20 Å². The number of carbonyl (C=O) groups excluding carboxylic acids is 1. The number of aromatic nitrogens is 3. The van der Waals surface area contributed by atoms with Crippen molar-refractivity contribution in [2.75, 3.05) is 19.6 Å². The molecule has 0 atom stereocenters. The summed E-state index contributed by atoms with van der Waals surface area (Å²) in [4.78, 5) is 19.4. The first-order chi connectivity index (χ1) is 11.7. The maximum atomic E-state index is 12.1. The Hall–Kier alpha value is -2.14. The second-order valence-electron chi connectivity index (χ2n) is 6.78. The van der Waals surface area contributed by atoms with Crippen molar-refractivity contribution in [1.82, 2.24) is 18.9 Å². The average Bonchev–Trinajstić information content (AvgIpc) is 3.07. The summed E-state index contributed by atoms with van der Waals surface area (Å²) in [5, 5.41) is 0. The molecule has 0 spiro atoms. The van der Waals surface area contributed by atoms with Crippen LogP contribution < -0.4 is 0 Å². The number of ketones is 1. The lowest BCUT2D eigenvalue weighted by Crippen LogP contribution is -2.32. The number of fused-ring (bicyclic) bond motifs is 3. The highest BCUT2D eigenvalue weighted by Gasteiger charge is 2.20. The SMILES string of the molecule is CC(=O)c1c(C)nc2n(CCN3CCCCC3)c3ccccc3n12. The number of hydrogen-bond acceptors (Lipinski definition) is 3. The van der Waals surface area contributed by atoms with Gasteiger partial charge in [-0.15, -0.1) is 0 Å². The molecule has 1 aromatic carbocycles. The summed E-state index contributed by atoms with van der Waals surface area (Å²) in [6.07, 6.45) is 3.96. The van der Waals surface area contributed by atoms with Gasteiger partial charge in [0.2, 0.25) is 5.78 Å². The van der Waals surface area contributed by atoms with Gasteiger partial charge in [-0.2, -0.15) is 0 Å². The Labute approximate surface area is 141 Å². The molecule has 1 fully saturated rings. The highest BCUT2D eigenvalue weighted by Crippen LogP contribution is 2.24. The van der Waals surface area contributed by atoms with Crippen molar-refractivity contribution in [3.05, 3.63) is 35.7 Å². The molecule has 1 aliphatic heterocycles. The van der Waals surface area contributed by atoms with Gasteiger partial charge in [-0.05, 0) is 45.0 Å². The van der Waals surface area contributed by atoms with Crippen LogP contribution in [0.25, 0.3) is 16.8 Å². The van der Waals surface area contributed by atoms with Gasteiger partial charge in [0.15, 0.2) is 5.78 Å². The number of hydrogen-bond donors (Lipinski definition) is 0. The first kappa shape index (κ1) is 15.4. The number of nitrogens with zero attached hydrogens (tertiary/aromatic N) is 4. The smallest absolute Gasteiger partial charge is 0.215 e. The van der Waals surface area contributed by atoms with E-state index in [0.29, 0.717) is 5.69 Å². The van der Waals surface area contributed by atoms with Crippen LogP contribution in [0.4, 0.5) is 0 Å². The zero-order chi connectivity index (χ0) is 16.7. The number of rotatable bonds is 4. The van der Waals surface area contributed by atoms with Crippen LogP contribution in [0.15, 0.2) is 24.3 Å². The van der Waals surface area contributed by atoms with Gasteiger partial charge in [-0.25, -0.2) is 4.98 Å². The molecule has 0 radical (unpaired) electrons. The number of Topliss-reactive ketones (excluding diaryl/α,β-unsaturated/α-hetero) is 1. The van der Waals surface area contributed by atoms with Crippen molar-refractivity contribution in [3.8, 4) is 0 Å². The second kappa shape index (κ2) is 6.06. The average molecular weight is 324 g/mol. The normalized spacial score (nSPS) is 16.2. The molecule has 5 heteroatoms. The predicted molar refractivity (Wildman–Crippen MR) is 95.7 cm³/mol. The van der Waals surface area contributed by atoms with E-state index in [1.165, 1.54) is 32.4 Å². The Kier molecular flexibility index (Phi) is 3.88. The zero-order valence-corrected chi connectivity index (χ0v) is 14.5. The molecule has 24 heavy (non-hydrogen) atoms. The lowest BCUT2D eigenvalue weighted by molar-refractivity contribution is 0.101. The minimum Gasteiger partial charge on any atom is -0.308 e. The largest absolute Gasteiger partial charge is 0.308 e. The van der Waals surface area contributed by atoms with Crippen molar-refractivity contribution in [2.45, 2.75) is 39.7 Å². The van der Waals surface area contributed by atoms with Crippen molar-refractivity contribution in [2.24, 2.45) is 0 Å². The number of aryl methyl sites for hydroxylation is 1. The van der Waals surface area contributed by atoms with Gasteiger partial charge in [0.05, 0.1) is 16.7 Å². The van der Waals surface area contributed by atoms with Gasteiger partial charge >= 0.3 is 0 Å². The molecule has 5 nitrogen and oxygen atoms in total. The van der Waals surface area contributed by atoms with E-state index in [1.807, 2.05) is 17.4 Å². The van der Waals surface area contributed by atoms with Crippen LogP contribution >= 0.6 is 0 Å². The number of likely N-dealkylation sites (tertiary alicyclic amines) is 1. The van der Waals surface area contributed by atoms with Crippen LogP contribution in [0.1, 0.15) is 42.4 Å². The van der Waals surface area contributed by atoms with Crippen LogP contribution in [-0.2, 0) is 6.54 Å². The fourth-order valence-electron chi connectivity index (χ4n) is 3.97. The number of para-hydroxylation sites is 2. The number of benzene rings is 1. The monoisotopic (exact) mass is 324 g/mol. The molecule has 126 valence electrons. The molecule has 4 rings (SSSR count). The fraction of sp³-hybridized carbons (Fsp3) is 0.474. The summed E-state index contributed by atoms with van der Waals surface area (Å²) in [5.74, 6) is 0.954. The van der Waals surface area contributed by atoms with Crippen LogP contribution in [0.2, 0.25) is 0 Å². The summed E-state index contributed by atoms with van der Waals surface area (Å²) in [6.45, 7) is 7.88. The van der Waals surface area contributed by atoms with Crippen LogP contribution in [-0.4, -0.2) is 44.3 Å². The van der Waals surface area contributed by atoms with E-state index in [1.54, 1.807) is 6.92 Å². The Balaban J connectivity index is 1.80. The molecule has 0 aliphatic carbocycles. The first-order valence-electron chi connectivity index (χ1n) is 8.86. The third kappa shape index (κ3) is 2.44. The molecule has 1 saturated heterocycles. The minimum absolute atomic E-state index is 0.0685. The Morgan fingerprint density at radius 3 is 2.50 bits per heavy atom. The van der Waals surface area contributed by atoms with E-state index in [-0.39, 0.29) is 5.78 Å². The van der Waals surface area contributed by atoms with E-state index in [9.17, 15) is 4.79 Å². The number of piperidine rings is 1. The van der Waals surface area contributed by atoms with E-state index in [2.05, 4.69) is 27.7 Å². The molecule has 3 aromatic rings.